The van der Waals surface area contributed by atoms with Crippen molar-refractivity contribution in [1.29, 1.82) is 0 Å². The second-order valence-electron chi connectivity index (χ2n) is 5.37. The summed E-state index contributed by atoms with van der Waals surface area (Å²) in [5.41, 5.74) is 2.28. The van der Waals surface area contributed by atoms with Crippen LogP contribution in [0.4, 0.5) is 4.39 Å². The van der Waals surface area contributed by atoms with Crippen molar-refractivity contribution in [2.45, 2.75) is 13.5 Å². The van der Waals surface area contributed by atoms with Crippen molar-refractivity contribution in [2.75, 3.05) is 7.11 Å². The summed E-state index contributed by atoms with van der Waals surface area (Å²) in [4.78, 5) is 12.2. The maximum absolute atomic E-state index is 13.0. The summed E-state index contributed by atoms with van der Waals surface area (Å²) in [5, 5.41) is 3.95. The van der Waals surface area contributed by atoms with Crippen LogP contribution >= 0.6 is 0 Å². The molecule has 0 saturated carbocycles. The fourth-order valence-corrected chi connectivity index (χ4v) is 2.40. The lowest BCUT2D eigenvalue weighted by molar-refractivity contribution is 0.0460. The number of para-hydroxylation sites is 1. The predicted octanol–water partition coefficient (Wildman–Crippen LogP) is 4.15. The second kappa shape index (κ2) is 7.17. The zero-order valence-electron chi connectivity index (χ0n) is 13.8. The van der Waals surface area contributed by atoms with E-state index in [1.54, 1.807) is 36.4 Å². The number of carbonyl (C=O) groups excluding carboxylic acids is 1. The highest BCUT2D eigenvalue weighted by Gasteiger charge is 2.17. The summed E-state index contributed by atoms with van der Waals surface area (Å²) in [5.74, 6) is 0.120. The van der Waals surface area contributed by atoms with Crippen molar-refractivity contribution < 1.29 is 23.2 Å². The van der Waals surface area contributed by atoms with E-state index in [1.165, 1.54) is 19.2 Å². The van der Waals surface area contributed by atoms with Gasteiger partial charge in [-0.1, -0.05) is 17.3 Å². The molecule has 0 bridgehead atoms. The summed E-state index contributed by atoms with van der Waals surface area (Å²) in [6.07, 6.45) is 0. The highest BCUT2D eigenvalue weighted by molar-refractivity contribution is 5.92. The van der Waals surface area contributed by atoms with Gasteiger partial charge >= 0.3 is 5.97 Å². The highest BCUT2D eigenvalue weighted by atomic mass is 19.1. The van der Waals surface area contributed by atoms with Crippen molar-refractivity contribution in [2.24, 2.45) is 0 Å². The van der Waals surface area contributed by atoms with Crippen molar-refractivity contribution in [3.05, 3.63) is 71.2 Å². The molecule has 0 radical (unpaired) electrons. The molecule has 25 heavy (non-hydrogen) atoms. The molecule has 0 N–H and O–H groups in total. The number of aromatic nitrogens is 1. The maximum Gasteiger partial charge on any atom is 0.342 e. The highest BCUT2D eigenvalue weighted by Crippen LogP contribution is 2.26. The van der Waals surface area contributed by atoms with Gasteiger partial charge in [0, 0.05) is 11.1 Å². The van der Waals surface area contributed by atoms with Crippen molar-refractivity contribution >= 4 is 5.97 Å². The van der Waals surface area contributed by atoms with Gasteiger partial charge in [0.1, 0.15) is 29.4 Å². The Bertz CT molecular complexity index is 887. The molecule has 0 unspecified atom stereocenters. The molecule has 0 amide bonds. The van der Waals surface area contributed by atoms with Gasteiger partial charge in [-0.05, 0) is 43.3 Å². The molecule has 1 heterocycles. The number of ether oxygens (including phenoxy) is 2. The zero-order chi connectivity index (χ0) is 17.8. The SMILES string of the molecule is COc1ccccc1C(=O)OCc1noc(-c2ccc(F)cc2)c1C. The molecule has 0 saturated heterocycles. The summed E-state index contributed by atoms with van der Waals surface area (Å²) >= 11 is 0. The number of hydrogen-bond donors (Lipinski definition) is 0. The van der Waals surface area contributed by atoms with E-state index in [4.69, 9.17) is 14.0 Å². The first-order valence-electron chi connectivity index (χ1n) is 7.61. The number of hydrogen-bond acceptors (Lipinski definition) is 5. The molecule has 3 rings (SSSR count). The van der Waals surface area contributed by atoms with Crippen LogP contribution in [0.15, 0.2) is 53.1 Å². The van der Waals surface area contributed by atoms with Gasteiger partial charge in [-0.2, -0.15) is 0 Å². The fraction of sp³-hybridized carbons (Fsp3) is 0.158. The molecule has 2 aromatic carbocycles. The van der Waals surface area contributed by atoms with Crippen LogP contribution in [0.25, 0.3) is 11.3 Å². The van der Waals surface area contributed by atoms with Gasteiger partial charge in [-0.3, -0.25) is 0 Å². The van der Waals surface area contributed by atoms with Gasteiger partial charge in [-0.25, -0.2) is 9.18 Å². The first-order valence-corrected chi connectivity index (χ1v) is 7.61. The molecular weight excluding hydrogens is 325 g/mol. The number of rotatable bonds is 5. The third kappa shape index (κ3) is 3.52. The molecular formula is C19H16FNO4. The maximum atomic E-state index is 13.0. The Kier molecular flexibility index (Phi) is 4.79. The van der Waals surface area contributed by atoms with Gasteiger partial charge in [0.05, 0.1) is 7.11 Å². The minimum atomic E-state index is -0.511. The number of nitrogens with zero attached hydrogens (tertiary/aromatic N) is 1. The minimum absolute atomic E-state index is 0.0343. The van der Waals surface area contributed by atoms with Gasteiger partial charge in [0.2, 0.25) is 0 Å². The van der Waals surface area contributed by atoms with E-state index >= 15 is 0 Å². The summed E-state index contributed by atoms with van der Waals surface area (Å²) < 4.78 is 28.8. The Labute approximate surface area is 144 Å². The van der Waals surface area contributed by atoms with Crippen molar-refractivity contribution in [1.82, 2.24) is 5.16 Å². The van der Waals surface area contributed by atoms with E-state index in [1.807, 2.05) is 6.92 Å². The number of methoxy groups -OCH3 is 1. The van der Waals surface area contributed by atoms with Crippen molar-refractivity contribution in [3.63, 3.8) is 0 Å². The van der Waals surface area contributed by atoms with Crippen LogP contribution in [-0.2, 0) is 11.3 Å². The number of carbonyl (C=O) groups is 1. The van der Waals surface area contributed by atoms with Gasteiger partial charge < -0.3 is 14.0 Å². The summed E-state index contributed by atoms with van der Waals surface area (Å²) in [6, 6.07) is 12.7. The van der Waals surface area contributed by atoms with E-state index in [2.05, 4.69) is 5.16 Å². The number of esters is 1. The molecule has 0 atom stereocenters. The molecule has 0 aliphatic heterocycles. The van der Waals surface area contributed by atoms with Crippen LogP contribution in [0, 0.1) is 12.7 Å². The van der Waals surface area contributed by atoms with Gasteiger partial charge in [0.15, 0.2) is 5.76 Å². The molecule has 3 aromatic rings. The van der Waals surface area contributed by atoms with Crippen LogP contribution < -0.4 is 4.74 Å². The number of benzene rings is 2. The van der Waals surface area contributed by atoms with E-state index in [0.29, 0.717) is 28.3 Å². The van der Waals surface area contributed by atoms with Crippen LogP contribution in [0.1, 0.15) is 21.6 Å². The van der Waals surface area contributed by atoms with Crippen LogP contribution in [0.3, 0.4) is 0 Å². The molecule has 0 aliphatic rings. The molecule has 1 aromatic heterocycles. The Morgan fingerprint density at radius 3 is 2.60 bits per heavy atom. The molecule has 0 fully saturated rings. The third-order valence-corrected chi connectivity index (χ3v) is 3.79. The lowest BCUT2D eigenvalue weighted by Gasteiger charge is -2.07. The smallest absolute Gasteiger partial charge is 0.342 e. The van der Waals surface area contributed by atoms with E-state index < -0.39 is 5.97 Å². The first-order chi connectivity index (χ1) is 12.1. The topological polar surface area (TPSA) is 61.6 Å². The molecule has 6 heteroatoms. The minimum Gasteiger partial charge on any atom is -0.496 e. The first kappa shape index (κ1) is 16.7. The third-order valence-electron chi connectivity index (χ3n) is 3.79. The normalized spacial score (nSPS) is 10.5. The monoisotopic (exact) mass is 341 g/mol. The molecule has 128 valence electrons. The Morgan fingerprint density at radius 1 is 1.16 bits per heavy atom. The molecule has 0 aliphatic carbocycles. The Morgan fingerprint density at radius 2 is 1.88 bits per heavy atom. The quantitative estimate of drug-likeness (QED) is 0.652. The number of halogens is 1. The average molecular weight is 341 g/mol. The van der Waals surface area contributed by atoms with Gasteiger partial charge in [0.25, 0.3) is 0 Å². The fourth-order valence-electron chi connectivity index (χ4n) is 2.40. The predicted molar refractivity (Wildman–Crippen MR) is 88.7 cm³/mol. The lowest BCUT2D eigenvalue weighted by Crippen LogP contribution is -2.07. The largest absolute Gasteiger partial charge is 0.496 e. The summed E-state index contributed by atoms with van der Waals surface area (Å²) in [6.45, 7) is 1.77. The summed E-state index contributed by atoms with van der Waals surface area (Å²) in [7, 11) is 1.49. The molecule has 5 nitrogen and oxygen atoms in total. The van der Waals surface area contributed by atoms with E-state index in [-0.39, 0.29) is 12.4 Å². The Hall–Kier alpha value is -3.15. The zero-order valence-corrected chi connectivity index (χ0v) is 13.8. The lowest BCUT2D eigenvalue weighted by atomic mass is 10.1. The van der Waals surface area contributed by atoms with E-state index in [0.717, 1.165) is 5.56 Å². The molecule has 0 spiro atoms. The van der Waals surface area contributed by atoms with E-state index in [9.17, 15) is 9.18 Å². The standard InChI is InChI=1S/C19H16FNO4/c1-12-16(21-25-18(12)13-7-9-14(20)10-8-13)11-24-19(22)15-5-3-4-6-17(15)23-2/h3-10H,11H2,1-2H3. The second-order valence-corrected chi connectivity index (χ2v) is 5.37. The van der Waals surface area contributed by atoms with Crippen LogP contribution in [-0.4, -0.2) is 18.2 Å². The van der Waals surface area contributed by atoms with Crippen LogP contribution in [0.5, 0.6) is 5.75 Å². The Balaban J connectivity index is 1.74. The van der Waals surface area contributed by atoms with Crippen molar-refractivity contribution in [3.8, 4) is 17.1 Å². The van der Waals surface area contributed by atoms with Crippen LogP contribution in [0.2, 0.25) is 0 Å². The van der Waals surface area contributed by atoms with Gasteiger partial charge in [-0.15, -0.1) is 0 Å². The average Bonchev–Trinajstić information content (AvgIpc) is 3.01.